The highest BCUT2D eigenvalue weighted by atomic mass is 16.1. The lowest BCUT2D eigenvalue weighted by Crippen LogP contribution is -2.23. The largest absolute Gasteiger partial charge is 0.399 e. The van der Waals surface area contributed by atoms with Crippen LogP contribution in [0.3, 0.4) is 0 Å². The number of para-hydroxylation sites is 1. The number of hydrogen-bond acceptors (Lipinski definition) is 2. The molecular weight excluding hydrogens is 248 g/mol. The number of nitrogens with two attached hydrogens (primary N) is 1. The van der Waals surface area contributed by atoms with Crippen LogP contribution in [0.25, 0.3) is 0 Å². The molecule has 0 saturated carbocycles. The van der Waals surface area contributed by atoms with Crippen molar-refractivity contribution in [3.8, 4) is 0 Å². The van der Waals surface area contributed by atoms with Gasteiger partial charge in [-0.3, -0.25) is 4.79 Å². The highest BCUT2D eigenvalue weighted by Gasteiger charge is 2.05. The highest BCUT2D eigenvalue weighted by Crippen LogP contribution is 2.12. The first-order chi connectivity index (χ1) is 9.66. The molecule has 0 spiro atoms. The first kappa shape index (κ1) is 14.1. The molecule has 20 heavy (non-hydrogen) atoms. The Morgan fingerprint density at radius 3 is 2.40 bits per heavy atom. The van der Waals surface area contributed by atoms with E-state index in [1.807, 2.05) is 55.5 Å². The van der Waals surface area contributed by atoms with Crippen LogP contribution in [0.4, 0.5) is 5.69 Å². The topological polar surface area (TPSA) is 55.1 Å². The third-order valence-electron chi connectivity index (χ3n) is 3.41. The highest BCUT2D eigenvalue weighted by molar-refractivity contribution is 5.76. The van der Waals surface area contributed by atoms with Gasteiger partial charge in [0.25, 0.3) is 0 Å². The maximum atomic E-state index is 11.9. The van der Waals surface area contributed by atoms with Crippen LogP contribution in [-0.2, 0) is 17.8 Å². The van der Waals surface area contributed by atoms with E-state index < -0.39 is 0 Å². The second-order valence-corrected chi connectivity index (χ2v) is 4.90. The molecule has 0 atom stereocenters. The fourth-order valence-corrected chi connectivity index (χ4v) is 2.10. The molecule has 0 aliphatic carbocycles. The average Bonchev–Trinajstić information content (AvgIpc) is 2.45. The first-order valence-corrected chi connectivity index (χ1v) is 6.81. The zero-order valence-electron chi connectivity index (χ0n) is 11.7. The SMILES string of the molecule is Cc1ccccc1CNC(=O)CCc1ccccc1N. The van der Waals surface area contributed by atoms with Crippen molar-refractivity contribution in [2.75, 3.05) is 5.73 Å². The predicted octanol–water partition coefficient (Wildman–Crippen LogP) is 2.83. The summed E-state index contributed by atoms with van der Waals surface area (Å²) in [6, 6.07) is 15.7. The Kier molecular flexibility index (Phi) is 4.77. The third-order valence-corrected chi connectivity index (χ3v) is 3.41. The van der Waals surface area contributed by atoms with Gasteiger partial charge >= 0.3 is 0 Å². The molecule has 3 N–H and O–H groups in total. The number of benzene rings is 2. The summed E-state index contributed by atoms with van der Waals surface area (Å²) in [5, 5.41) is 2.95. The van der Waals surface area contributed by atoms with Crippen LogP contribution in [0, 0.1) is 6.92 Å². The number of nitrogen functional groups attached to an aromatic ring is 1. The van der Waals surface area contributed by atoms with Gasteiger partial charge in [-0.2, -0.15) is 0 Å². The molecule has 0 saturated heterocycles. The van der Waals surface area contributed by atoms with Crippen LogP contribution in [0.1, 0.15) is 23.1 Å². The first-order valence-electron chi connectivity index (χ1n) is 6.81. The van der Waals surface area contributed by atoms with Crippen molar-refractivity contribution in [1.29, 1.82) is 0 Å². The van der Waals surface area contributed by atoms with Crippen molar-refractivity contribution >= 4 is 11.6 Å². The van der Waals surface area contributed by atoms with Crippen LogP contribution < -0.4 is 11.1 Å². The number of aryl methyl sites for hydroxylation is 2. The Bertz CT molecular complexity index is 542. The Hall–Kier alpha value is -2.29. The number of amides is 1. The minimum atomic E-state index is 0.0523. The summed E-state index contributed by atoms with van der Waals surface area (Å²) in [5.41, 5.74) is 9.98. The molecular formula is C17H20N2O. The summed E-state index contributed by atoms with van der Waals surface area (Å²) in [7, 11) is 0. The molecule has 2 aromatic rings. The Labute approximate surface area is 119 Å². The minimum absolute atomic E-state index is 0.0523. The smallest absolute Gasteiger partial charge is 0.220 e. The van der Waals surface area contributed by atoms with E-state index in [-0.39, 0.29) is 5.91 Å². The summed E-state index contributed by atoms with van der Waals surface area (Å²) in [6.45, 7) is 2.63. The van der Waals surface area contributed by atoms with E-state index in [1.165, 1.54) is 5.56 Å². The normalized spacial score (nSPS) is 10.2. The summed E-state index contributed by atoms with van der Waals surface area (Å²) in [4.78, 5) is 11.9. The molecule has 0 aliphatic rings. The standard InChI is InChI=1S/C17H20N2O/c1-13-6-2-3-8-15(13)12-19-17(20)11-10-14-7-4-5-9-16(14)18/h2-9H,10-12,18H2,1H3,(H,19,20). The number of anilines is 1. The molecule has 0 radical (unpaired) electrons. The summed E-state index contributed by atoms with van der Waals surface area (Å²) in [5.74, 6) is 0.0523. The predicted molar refractivity (Wildman–Crippen MR) is 82.2 cm³/mol. The summed E-state index contributed by atoms with van der Waals surface area (Å²) >= 11 is 0. The summed E-state index contributed by atoms with van der Waals surface area (Å²) in [6.07, 6.45) is 1.13. The van der Waals surface area contributed by atoms with Crippen molar-refractivity contribution in [1.82, 2.24) is 5.32 Å². The van der Waals surface area contributed by atoms with Gasteiger partial charge in [0.15, 0.2) is 0 Å². The van der Waals surface area contributed by atoms with E-state index in [2.05, 4.69) is 5.32 Å². The van der Waals surface area contributed by atoms with Gasteiger partial charge in [-0.25, -0.2) is 0 Å². The van der Waals surface area contributed by atoms with E-state index >= 15 is 0 Å². The maximum absolute atomic E-state index is 11.9. The number of carbonyl (C=O) groups is 1. The Morgan fingerprint density at radius 2 is 1.70 bits per heavy atom. The summed E-state index contributed by atoms with van der Waals surface area (Å²) < 4.78 is 0. The van der Waals surface area contributed by atoms with Crippen molar-refractivity contribution < 1.29 is 4.79 Å². The van der Waals surface area contributed by atoms with E-state index in [0.29, 0.717) is 19.4 Å². The van der Waals surface area contributed by atoms with E-state index in [0.717, 1.165) is 16.8 Å². The molecule has 0 aliphatic heterocycles. The van der Waals surface area contributed by atoms with Gasteiger partial charge in [0, 0.05) is 18.7 Å². The lowest BCUT2D eigenvalue weighted by molar-refractivity contribution is -0.121. The zero-order valence-corrected chi connectivity index (χ0v) is 11.7. The number of carbonyl (C=O) groups excluding carboxylic acids is 1. The molecule has 2 rings (SSSR count). The second-order valence-electron chi connectivity index (χ2n) is 4.90. The van der Waals surface area contributed by atoms with Crippen molar-refractivity contribution in [2.45, 2.75) is 26.3 Å². The van der Waals surface area contributed by atoms with Crippen molar-refractivity contribution in [3.05, 3.63) is 65.2 Å². The van der Waals surface area contributed by atoms with Gasteiger partial charge in [-0.1, -0.05) is 42.5 Å². The lowest BCUT2D eigenvalue weighted by atomic mass is 10.1. The zero-order chi connectivity index (χ0) is 14.4. The molecule has 0 aromatic heterocycles. The van der Waals surface area contributed by atoms with Crippen LogP contribution in [0.2, 0.25) is 0 Å². The number of nitrogens with one attached hydrogen (secondary N) is 1. The van der Waals surface area contributed by atoms with Crippen LogP contribution >= 0.6 is 0 Å². The van der Waals surface area contributed by atoms with E-state index in [9.17, 15) is 4.79 Å². The molecule has 0 fully saturated rings. The molecule has 1 amide bonds. The average molecular weight is 268 g/mol. The Balaban J connectivity index is 1.82. The molecule has 2 aromatic carbocycles. The van der Waals surface area contributed by atoms with E-state index in [1.54, 1.807) is 0 Å². The molecule has 0 heterocycles. The van der Waals surface area contributed by atoms with Crippen molar-refractivity contribution in [2.24, 2.45) is 0 Å². The minimum Gasteiger partial charge on any atom is -0.399 e. The van der Waals surface area contributed by atoms with Crippen LogP contribution in [0.5, 0.6) is 0 Å². The fourth-order valence-electron chi connectivity index (χ4n) is 2.10. The lowest BCUT2D eigenvalue weighted by Gasteiger charge is -2.08. The molecule has 0 unspecified atom stereocenters. The second kappa shape index (κ2) is 6.75. The van der Waals surface area contributed by atoms with Gasteiger partial charge in [0.05, 0.1) is 0 Å². The fraction of sp³-hybridized carbons (Fsp3) is 0.235. The monoisotopic (exact) mass is 268 g/mol. The van der Waals surface area contributed by atoms with E-state index in [4.69, 9.17) is 5.73 Å². The number of rotatable bonds is 5. The quantitative estimate of drug-likeness (QED) is 0.819. The van der Waals surface area contributed by atoms with Gasteiger partial charge in [-0.05, 0) is 36.1 Å². The Morgan fingerprint density at radius 1 is 1.05 bits per heavy atom. The van der Waals surface area contributed by atoms with Gasteiger partial charge < -0.3 is 11.1 Å². The van der Waals surface area contributed by atoms with Crippen LogP contribution in [0.15, 0.2) is 48.5 Å². The van der Waals surface area contributed by atoms with Gasteiger partial charge in [-0.15, -0.1) is 0 Å². The molecule has 0 bridgehead atoms. The maximum Gasteiger partial charge on any atom is 0.220 e. The van der Waals surface area contributed by atoms with Crippen molar-refractivity contribution in [3.63, 3.8) is 0 Å². The van der Waals surface area contributed by atoms with Gasteiger partial charge in [0.1, 0.15) is 0 Å². The third kappa shape index (κ3) is 3.85. The molecule has 104 valence electrons. The van der Waals surface area contributed by atoms with Gasteiger partial charge in [0.2, 0.25) is 5.91 Å². The van der Waals surface area contributed by atoms with Crippen LogP contribution in [-0.4, -0.2) is 5.91 Å². The molecule has 3 heteroatoms. The number of hydrogen-bond donors (Lipinski definition) is 2. The molecule has 3 nitrogen and oxygen atoms in total.